The zero-order valence-electron chi connectivity index (χ0n) is 12.7. The van der Waals surface area contributed by atoms with Crippen molar-refractivity contribution < 1.29 is 9.53 Å². The Balaban J connectivity index is 1.68. The number of carbonyl (C=O) groups excluding carboxylic acids is 1. The lowest BCUT2D eigenvalue weighted by Crippen LogP contribution is -2.17. The van der Waals surface area contributed by atoms with E-state index in [1.165, 1.54) is 38.5 Å². The molecule has 0 atom stereocenters. The summed E-state index contributed by atoms with van der Waals surface area (Å²) in [5, 5.41) is 4.02. The van der Waals surface area contributed by atoms with Gasteiger partial charge in [-0.15, -0.1) is 0 Å². The third-order valence-electron chi connectivity index (χ3n) is 4.04. The Kier molecular flexibility index (Phi) is 6.25. The van der Waals surface area contributed by atoms with E-state index in [1.54, 1.807) is 31.4 Å². The molecule has 0 unspecified atom stereocenters. The van der Waals surface area contributed by atoms with Crippen molar-refractivity contribution in [2.24, 2.45) is 11.0 Å². The average molecular weight is 288 g/mol. The van der Waals surface area contributed by atoms with Crippen LogP contribution in [0.2, 0.25) is 0 Å². The van der Waals surface area contributed by atoms with Gasteiger partial charge in [0.15, 0.2) is 0 Å². The molecule has 114 valence electrons. The van der Waals surface area contributed by atoms with Gasteiger partial charge in [-0.25, -0.2) is 5.43 Å². The van der Waals surface area contributed by atoms with Crippen LogP contribution in [0, 0.1) is 5.92 Å². The molecule has 4 nitrogen and oxygen atoms in total. The van der Waals surface area contributed by atoms with Crippen molar-refractivity contribution >= 4 is 12.1 Å². The third kappa shape index (κ3) is 5.21. The first-order chi connectivity index (χ1) is 10.3. The number of amides is 1. The van der Waals surface area contributed by atoms with Crippen molar-refractivity contribution in [2.45, 2.75) is 44.9 Å². The predicted molar refractivity (Wildman–Crippen MR) is 84.8 cm³/mol. The molecule has 2 rings (SSSR count). The van der Waals surface area contributed by atoms with E-state index < -0.39 is 0 Å². The summed E-state index contributed by atoms with van der Waals surface area (Å²) in [6.07, 6.45) is 10.8. The molecule has 1 aliphatic rings. The molecule has 1 saturated carbocycles. The second kappa shape index (κ2) is 8.45. The summed E-state index contributed by atoms with van der Waals surface area (Å²) < 4.78 is 5.06. The van der Waals surface area contributed by atoms with Gasteiger partial charge in [0.05, 0.1) is 7.11 Å². The molecular formula is C17H24N2O2. The summed E-state index contributed by atoms with van der Waals surface area (Å²) in [6, 6.07) is 6.99. The highest BCUT2D eigenvalue weighted by Crippen LogP contribution is 2.26. The van der Waals surface area contributed by atoms with E-state index in [2.05, 4.69) is 10.5 Å². The minimum Gasteiger partial charge on any atom is -0.497 e. The van der Waals surface area contributed by atoms with Crippen LogP contribution in [0.1, 0.15) is 55.3 Å². The minimum absolute atomic E-state index is 0.188. The summed E-state index contributed by atoms with van der Waals surface area (Å²) >= 11 is 0. The molecule has 0 heterocycles. The Morgan fingerprint density at radius 2 is 2.00 bits per heavy atom. The highest BCUT2D eigenvalue weighted by Gasteiger charge is 2.12. The fourth-order valence-corrected chi connectivity index (χ4v) is 2.76. The largest absolute Gasteiger partial charge is 0.497 e. The average Bonchev–Trinajstić information content (AvgIpc) is 2.55. The van der Waals surface area contributed by atoms with Crippen LogP contribution < -0.4 is 10.2 Å². The number of hydrogen-bond acceptors (Lipinski definition) is 3. The molecule has 1 aromatic carbocycles. The van der Waals surface area contributed by atoms with Crippen molar-refractivity contribution in [1.29, 1.82) is 0 Å². The van der Waals surface area contributed by atoms with Crippen molar-refractivity contribution in [3.63, 3.8) is 0 Å². The van der Waals surface area contributed by atoms with E-state index in [4.69, 9.17) is 4.74 Å². The smallest absolute Gasteiger partial charge is 0.271 e. The van der Waals surface area contributed by atoms with E-state index in [1.807, 2.05) is 6.21 Å². The van der Waals surface area contributed by atoms with Crippen molar-refractivity contribution in [2.75, 3.05) is 7.11 Å². The zero-order valence-corrected chi connectivity index (χ0v) is 12.7. The lowest BCUT2D eigenvalue weighted by molar-refractivity contribution is 0.0955. The van der Waals surface area contributed by atoms with E-state index in [9.17, 15) is 4.79 Å². The molecule has 4 heteroatoms. The maximum atomic E-state index is 11.8. The van der Waals surface area contributed by atoms with Gasteiger partial charge in [-0.3, -0.25) is 4.79 Å². The molecule has 1 aromatic rings. The van der Waals surface area contributed by atoms with Gasteiger partial charge in [-0.05, 0) is 43.0 Å². The van der Waals surface area contributed by atoms with Crippen LogP contribution in [0.15, 0.2) is 29.4 Å². The summed E-state index contributed by atoms with van der Waals surface area (Å²) in [4.78, 5) is 11.8. The lowest BCUT2D eigenvalue weighted by atomic mass is 9.86. The molecule has 0 aliphatic heterocycles. The number of rotatable bonds is 6. The number of hydrogen-bond donors (Lipinski definition) is 1. The normalized spacial score (nSPS) is 16.0. The highest BCUT2D eigenvalue weighted by atomic mass is 16.5. The lowest BCUT2D eigenvalue weighted by Gasteiger charge is -2.20. The molecule has 21 heavy (non-hydrogen) atoms. The minimum atomic E-state index is -0.188. The maximum absolute atomic E-state index is 11.8. The molecule has 0 bridgehead atoms. The molecule has 1 fully saturated rings. The fourth-order valence-electron chi connectivity index (χ4n) is 2.76. The highest BCUT2D eigenvalue weighted by molar-refractivity contribution is 5.94. The number of methoxy groups -OCH3 is 1. The molecule has 0 spiro atoms. The third-order valence-corrected chi connectivity index (χ3v) is 4.04. The number of ether oxygens (including phenoxy) is 1. The molecule has 0 aromatic heterocycles. The first-order valence-corrected chi connectivity index (χ1v) is 7.75. The van der Waals surface area contributed by atoms with Gasteiger partial charge in [0.2, 0.25) is 0 Å². The fraction of sp³-hybridized carbons (Fsp3) is 0.529. The first kappa shape index (κ1) is 15.5. The van der Waals surface area contributed by atoms with Gasteiger partial charge in [0, 0.05) is 11.8 Å². The summed E-state index contributed by atoms with van der Waals surface area (Å²) in [7, 11) is 1.60. The van der Waals surface area contributed by atoms with E-state index >= 15 is 0 Å². The van der Waals surface area contributed by atoms with Gasteiger partial charge in [0.1, 0.15) is 5.75 Å². The second-order valence-corrected chi connectivity index (χ2v) is 5.56. The Labute approximate surface area is 126 Å². The maximum Gasteiger partial charge on any atom is 0.271 e. The van der Waals surface area contributed by atoms with Gasteiger partial charge in [-0.2, -0.15) is 5.10 Å². The van der Waals surface area contributed by atoms with Crippen LogP contribution in [0.5, 0.6) is 5.75 Å². The van der Waals surface area contributed by atoms with Crippen molar-refractivity contribution in [3.8, 4) is 5.75 Å². The quantitative estimate of drug-likeness (QED) is 0.640. The Morgan fingerprint density at radius 3 is 2.67 bits per heavy atom. The number of benzene rings is 1. The molecule has 1 N–H and O–H groups in total. The van der Waals surface area contributed by atoms with Gasteiger partial charge in [-0.1, -0.05) is 32.1 Å². The van der Waals surface area contributed by atoms with Gasteiger partial charge < -0.3 is 4.74 Å². The topological polar surface area (TPSA) is 50.7 Å². The van der Waals surface area contributed by atoms with Crippen molar-refractivity contribution in [3.05, 3.63) is 29.8 Å². The molecule has 1 amide bonds. The standard InChI is InChI=1S/C17H24N2O2/c1-21-16-11-9-15(10-12-16)17(20)19-18-13-5-8-14-6-3-2-4-7-14/h9-14H,2-8H2,1H3,(H,19,20)/b18-13-. The number of nitrogens with one attached hydrogen (secondary N) is 1. The van der Waals surface area contributed by atoms with E-state index in [-0.39, 0.29) is 5.91 Å². The number of hydrazone groups is 1. The van der Waals surface area contributed by atoms with Crippen LogP contribution in [-0.4, -0.2) is 19.2 Å². The van der Waals surface area contributed by atoms with Crippen LogP contribution in [-0.2, 0) is 0 Å². The molecule has 1 aliphatic carbocycles. The summed E-state index contributed by atoms with van der Waals surface area (Å²) in [5.74, 6) is 1.40. The number of nitrogens with zero attached hydrogens (tertiary/aromatic N) is 1. The van der Waals surface area contributed by atoms with Gasteiger partial charge >= 0.3 is 0 Å². The van der Waals surface area contributed by atoms with Crippen LogP contribution in [0.4, 0.5) is 0 Å². The molecule has 0 radical (unpaired) electrons. The number of carbonyl (C=O) groups is 1. The monoisotopic (exact) mass is 288 g/mol. The first-order valence-electron chi connectivity index (χ1n) is 7.75. The second-order valence-electron chi connectivity index (χ2n) is 5.56. The van der Waals surface area contributed by atoms with Crippen LogP contribution in [0.3, 0.4) is 0 Å². The Hall–Kier alpha value is -1.84. The van der Waals surface area contributed by atoms with E-state index in [0.29, 0.717) is 5.56 Å². The predicted octanol–water partition coefficient (Wildman–Crippen LogP) is 3.77. The van der Waals surface area contributed by atoms with E-state index in [0.717, 1.165) is 18.1 Å². The SMILES string of the molecule is COc1ccc(C(=O)N/N=C\CCC2CCCCC2)cc1. The molecule has 0 saturated heterocycles. The zero-order chi connectivity index (χ0) is 14.9. The van der Waals surface area contributed by atoms with Gasteiger partial charge in [0.25, 0.3) is 5.91 Å². The molecular weight excluding hydrogens is 264 g/mol. The van der Waals surface area contributed by atoms with Crippen molar-refractivity contribution in [1.82, 2.24) is 5.43 Å². The summed E-state index contributed by atoms with van der Waals surface area (Å²) in [6.45, 7) is 0. The van der Waals surface area contributed by atoms with Crippen LogP contribution in [0.25, 0.3) is 0 Å². The van der Waals surface area contributed by atoms with Crippen LogP contribution >= 0.6 is 0 Å². The Morgan fingerprint density at radius 1 is 1.29 bits per heavy atom. The summed E-state index contributed by atoms with van der Waals surface area (Å²) in [5.41, 5.74) is 3.15. The Bertz CT molecular complexity index is 462.